The predicted molar refractivity (Wildman–Crippen MR) is 130 cm³/mol. The third-order valence-electron chi connectivity index (χ3n) is 5.94. The summed E-state index contributed by atoms with van der Waals surface area (Å²) in [6, 6.07) is 18.3. The van der Waals surface area contributed by atoms with Crippen molar-refractivity contribution in [3.05, 3.63) is 60.2 Å². The van der Waals surface area contributed by atoms with E-state index < -0.39 is 6.09 Å². The molecule has 2 aromatic rings. The van der Waals surface area contributed by atoms with Gasteiger partial charge in [0, 0.05) is 9.79 Å². The van der Waals surface area contributed by atoms with E-state index in [1.807, 2.05) is 36.4 Å². The average molecular weight is 454 g/mol. The highest BCUT2D eigenvalue weighted by atomic mass is 32.2. The lowest BCUT2D eigenvalue weighted by Gasteiger charge is -2.23. The fourth-order valence-corrected chi connectivity index (χ4v) is 5.17. The molecule has 1 aliphatic heterocycles. The van der Waals surface area contributed by atoms with E-state index in [9.17, 15) is 9.59 Å². The Morgan fingerprint density at radius 3 is 2.28 bits per heavy atom. The molecule has 1 saturated heterocycles. The van der Waals surface area contributed by atoms with E-state index in [-0.39, 0.29) is 18.4 Å². The van der Waals surface area contributed by atoms with Crippen molar-refractivity contribution in [2.45, 2.75) is 80.4 Å². The second-order valence-corrected chi connectivity index (χ2v) is 9.49. The Bertz CT molecular complexity index is 855. The number of unbranched alkanes of at least 4 members (excludes halogenated alkanes) is 7. The zero-order valence-corrected chi connectivity index (χ0v) is 19.9. The van der Waals surface area contributed by atoms with Crippen LogP contribution in [0.5, 0.6) is 0 Å². The summed E-state index contributed by atoms with van der Waals surface area (Å²) in [5.74, 6) is -0.454. The molecule has 0 saturated carbocycles. The highest BCUT2D eigenvalue weighted by Crippen LogP contribution is 2.37. The maximum absolute atomic E-state index is 13.4. The van der Waals surface area contributed by atoms with Crippen LogP contribution in [0.15, 0.2) is 64.4 Å². The molecule has 5 heteroatoms. The van der Waals surface area contributed by atoms with E-state index in [1.165, 1.54) is 43.4 Å². The first-order valence-corrected chi connectivity index (χ1v) is 12.8. The lowest BCUT2D eigenvalue weighted by Crippen LogP contribution is -2.36. The lowest BCUT2D eigenvalue weighted by molar-refractivity contribution is -0.129. The van der Waals surface area contributed by atoms with Gasteiger partial charge in [-0.15, -0.1) is 0 Å². The quantitative estimate of drug-likeness (QED) is 0.296. The fraction of sp³-hybridized carbons (Fsp3) is 0.481. The Morgan fingerprint density at radius 2 is 1.59 bits per heavy atom. The van der Waals surface area contributed by atoms with Gasteiger partial charge in [-0.05, 0) is 30.2 Å². The van der Waals surface area contributed by atoms with Crippen molar-refractivity contribution < 1.29 is 14.3 Å². The molecule has 172 valence electrons. The Labute approximate surface area is 196 Å². The van der Waals surface area contributed by atoms with Crippen LogP contribution in [0.4, 0.5) is 4.79 Å². The summed E-state index contributed by atoms with van der Waals surface area (Å²) < 4.78 is 5.05. The van der Waals surface area contributed by atoms with E-state index in [2.05, 4.69) is 25.1 Å². The van der Waals surface area contributed by atoms with Crippen LogP contribution in [0.1, 0.15) is 76.2 Å². The number of cyclic esters (lactones) is 1. The number of amides is 2. The first-order valence-electron chi connectivity index (χ1n) is 12.0. The minimum atomic E-state index is -0.510. The topological polar surface area (TPSA) is 46.6 Å². The van der Waals surface area contributed by atoms with Crippen molar-refractivity contribution in [1.82, 2.24) is 4.90 Å². The number of imide groups is 1. The number of carbonyl (C=O) groups excluding carboxylic acids is 2. The lowest BCUT2D eigenvalue weighted by atomic mass is 9.91. The third kappa shape index (κ3) is 7.13. The van der Waals surface area contributed by atoms with Gasteiger partial charge in [0.2, 0.25) is 5.91 Å². The molecule has 3 rings (SSSR count). The van der Waals surface area contributed by atoms with Crippen LogP contribution in [0.3, 0.4) is 0 Å². The van der Waals surface area contributed by atoms with Gasteiger partial charge in [0.1, 0.15) is 6.61 Å². The van der Waals surface area contributed by atoms with Gasteiger partial charge in [0.25, 0.3) is 0 Å². The Balaban J connectivity index is 1.70. The molecule has 2 aromatic carbocycles. The monoisotopic (exact) mass is 453 g/mol. The molecular formula is C27H35NO3S. The smallest absolute Gasteiger partial charge is 0.416 e. The molecule has 1 unspecified atom stereocenters. The Kier molecular flexibility index (Phi) is 10.1. The van der Waals surface area contributed by atoms with Crippen LogP contribution < -0.4 is 0 Å². The van der Waals surface area contributed by atoms with E-state index in [1.54, 1.807) is 11.8 Å². The van der Waals surface area contributed by atoms with Gasteiger partial charge in [-0.3, -0.25) is 4.79 Å². The normalized spacial score (nSPS) is 14.4. The molecule has 1 fully saturated rings. The second-order valence-electron chi connectivity index (χ2n) is 8.37. The Hall–Kier alpha value is -2.27. The second kappa shape index (κ2) is 13.3. The average Bonchev–Trinajstić information content (AvgIpc) is 3.25. The van der Waals surface area contributed by atoms with E-state index in [4.69, 9.17) is 4.74 Å². The standard InChI is InChI=1S/C27H35NO3S/c1-2-3-4-5-6-7-8-12-18-24(26(29)28-20-21-31-27(28)30)23-17-13-14-19-25(23)32-22-15-10-9-11-16-22/h9-11,13-17,19,24H,2-8,12,18,20-21H2,1H3. The van der Waals surface area contributed by atoms with Gasteiger partial charge in [-0.2, -0.15) is 0 Å². The number of carbonyl (C=O) groups is 2. The molecule has 4 nitrogen and oxygen atoms in total. The van der Waals surface area contributed by atoms with Crippen LogP contribution >= 0.6 is 11.8 Å². The van der Waals surface area contributed by atoms with Crippen LogP contribution in [-0.4, -0.2) is 30.1 Å². The number of ether oxygens (including phenoxy) is 1. The molecule has 1 aliphatic rings. The number of benzene rings is 2. The molecular weight excluding hydrogens is 418 g/mol. The largest absolute Gasteiger partial charge is 0.447 e. The van der Waals surface area contributed by atoms with Gasteiger partial charge in [-0.1, -0.05) is 106 Å². The van der Waals surface area contributed by atoms with Crippen molar-refractivity contribution in [3.8, 4) is 0 Å². The van der Waals surface area contributed by atoms with Crippen molar-refractivity contribution in [2.24, 2.45) is 0 Å². The summed E-state index contributed by atoms with van der Waals surface area (Å²) in [5, 5.41) is 0. The number of hydrogen-bond acceptors (Lipinski definition) is 4. The minimum absolute atomic E-state index is 0.128. The zero-order chi connectivity index (χ0) is 22.6. The fourth-order valence-electron chi connectivity index (χ4n) is 4.15. The van der Waals surface area contributed by atoms with Crippen molar-refractivity contribution in [1.29, 1.82) is 0 Å². The summed E-state index contributed by atoms with van der Waals surface area (Å²) >= 11 is 1.67. The molecule has 0 aromatic heterocycles. The van der Waals surface area contributed by atoms with Gasteiger partial charge in [0.15, 0.2) is 0 Å². The molecule has 2 amide bonds. The molecule has 32 heavy (non-hydrogen) atoms. The number of rotatable bonds is 13. The molecule has 1 heterocycles. The zero-order valence-electron chi connectivity index (χ0n) is 19.1. The van der Waals surface area contributed by atoms with Crippen molar-refractivity contribution in [3.63, 3.8) is 0 Å². The summed E-state index contributed by atoms with van der Waals surface area (Å²) in [6.45, 7) is 2.87. The third-order valence-corrected chi connectivity index (χ3v) is 7.04. The van der Waals surface area contributed by atoms with Crippen molar-refractivity contribution >= 4 is 23.8 Å². The van der Waals surface area contributed by atoms with Gasteiger partial charge >= 0.3 is 6.09 Å². The van der Waals surface area contributed by atoms with Gasteiger partial charge in [-0.25, -0.2) is 9.69 Å². The Morgan fingerprint density at radius 1 is 0.938 bits per heavy atom. The highest BCUT2D eigenvalue weighted by Gasteiger charge is 2.34. The SMILES string of the molecule is CCCCCCCCCCC(C(=O)N1CCOC1=O)c1ccccc1Sc1ccccc1. The molecule has 0 aliphatic carbocycles. The maximum Gasteiger partial charge on any atom is 0.416 e. The molecule has 0 radical (unpaired) electrons. The molecule has 0 N–H and O–H groups in total. The summed E-state index contributed by atoms with van der Waals surface area (Å²) in [7, 11) is 0. The van der Waals surface area contributed by atoms with Crippen molar-refractivity contribution in [2.75, 3.05) is 13.2 Å². The maximum atomic E-state index is 13.4. The summed E-state index contributed by atoms with van der Waals surface area (Å²) in [6.07, 6.45) is 10.0. The number of hydrogen-bond donors (Lipinski definition) is 0. The van der Waals surface area contributed by atoms with E-state index in [0.29, 0.717) is 6.54 Å². The molecule has 0 bridgehead atoms. The van der Waals surface area contributed by atoms with Gasteiger partial charge in [0.05, 0.1) is 12.5 Å². The van der Waals surface area contributed by atoms with Gasteiger partial charge < -0.3 is 4.74 Å². The van der Waals surface area contributed by atoms with Crippen LogP contribution in [0, 0.1) is 0 Å². The molecule has 0 spiro atoms. The first-order chi connectivity index (χ1) is 15.7. The first kappa shape index (κ1) is 24.4. The van der Waals surface area contributed by atoms with Crippen LogP contribution in [0.2, 0.25) is 0 Å². The predicted octanol–water partition coefficient (Wildman–Crippen LogP) is 7.43. The van der Waals surface area contributed by atoms with Crippen LogP contribution in [-0.2, 0) is 9.53 Å². The minimum Gasteiger partial charge on any atom is -0.447 e. The number of nitrogens with zero attached hydrogens (tertiary/aromatic N) is 1. The summed E-state index contributed by atoms with van der Waals surface area (Å²) in [5.41, 5.74) is 1.01. The highest BCUT2D eigenvalue weighted by molar-refractivity contribution is 7.99. The summed E-state index contributed by atoms with van der Waals surface area (Å²) in [4.78, 5) is 29.0. The van der Waals surface area contributed by atoms with E-state index >= 15 is 0 Å². The van der Waals surface area contributed by atoms with E-state index in [0.717, 1.165) is 34.6 Å². The van der Waals surface area contributed by atoms with Crippen LogP contribution in [0.25, 0.3) is 0 Å². The molecule has 1 atom stereocenters.